The number of rotatable bonds is 6. The van der Waals surface area contributed by atoms with Gasteiger partial charge in [0.15, 0.2) is 5.84 Å². The van der Waals surface area contributed by atoms with Crippen molar-refractivity contribution in [2.75, 3.05) is 13.2 Å². The van der Waals surface area contributed by atoms with E-state index in [-0.39, 0.29) is 22.5 Å². The van der Waals surface area contributed by atoms with Crippen molar-refractivity contribution < 1.29 is 27.4 Å². The molecule has 0 saturated heterocycles. The standard InChI is InChI=1S/C22H17F3N4O3S/c1-13-4-2-3-5-17(13)32-11-10-31-15-8-6-14(7-9-15)12-16-18(26)29-21(27-19(16)30)33-20(28-29)22(23,24)25/h2-9,12,26H,10-11H2,1H3/b16-12+,26-18?. The number of hydrogen-bond acceptors (Lipinski definition) is 6. The van der Waals surface area contributed by atoms with Crippen LogP contribution in [0, 0.1) is 12.3 Å². The summed E-state index contributed by atoms with van der Waals surface area (Å²) in [7, 11) is 0. The highest BCUT2D eigenvalue weighted by Gasteiger charge is 2.46. The fourth-order valence-electron chi connectivity index (χ4n) is 2.96. The molecular formula is C22H17F3N4O3S. The normalized spacial score (nSPS) is 17.1. The number of carbonyl (C=O) groups excluding carboxylic acids is 1. The van der Waals surface area contributed by atoms with E-state index in [2.05, 4.69) is 10.1 Å². The number of thioether (sulfide) groups is 1. The van der Waals surface area contributed by atoms with Crippen LogP contribution < -0.4 is 9.47 Å². The molecule has 0 radical (unpaired) electrons. The van der Waals surface area contributed by atoms with Gasteiger partial charge in [0.25, 0.3) is 5.91 Å². The number of amides is 1. The van der Waals surface area contributed by atoms with E-state index in [1.165, 1.54) is 6.08 Å². The van der Waals surface area contributed by atoms with Crippen LogP contribution in [0.15, 0.2) is 64.2 Å². The highest BCUT2D eigenvalue weighted by molar-refractivity contribution is 8.27. The van der Waals surface area contributed by atoms with Crippen molar-refractivity contribution >= 4 is 39.8 Å². The van der Waals surface area contributed by atoms with Crippen LogP contribution in [0.1, 0.15) is 11.1 Å². The number of aryl methyl sites for hydroxylation is 1. The number of benzene rings is 2. The third-order valence-electron chi connectivity index (χ3n) is 4.59. The molecule has 1 amide bonds. The molecule has 33 heavy (non-hydrogen) atoms. The maximum absolute atomic E-state index is 12.9. The lowest BCUT2D eigenvalue weighted by molar-refractivity contribution is -0.114. The zero-order valence-electron chi connectivity index (χ0n) is 17.2. The van der Waals surface area contributed by atoms with E-state index >= 15 is 0 Å². The Hall–Kier alpha value is -3.60. The Labute approximate surface area is 191 Å². The Morgan fingerprint density at radius 2 is 1.79 bits per heavy atom. The monoisotopic (exact) mass is 474 g/mol. The summed E-state index contributed by atoms with van der Waals surface area (Å²) in [5, 5.41) is 10.8. The number of halogens is 3. The molecule has 0 spiro atoms. The molecule has 4 rings (SSSR count). The molecule has 2 aliphatic rings. The molecule has 170 valence electrons. The van der Waals surface area contributed by atoms with Crippen LogP contribution in [0.3, 0.4) is 0 Å². The van der Waals surface area contributed by atoms with Crippen molar-refractivity contribution in [3.8, 4) is 11.5 Å². The van der Waals surface area contributed by atoms with E-state index in [4.69, 9.17) is 14.9 Å². The quantitative estimate of drug-likeness (QED) is 0.487. The third kappa shape index (κ3) is 5.08. The van der Waals surface area contributed by atoms with Gasteiger partial charge < -0.3 is 9.47 Å². The van der Waals surface area contributed by atoms with Gasteiger partial charge in [-0.25, -0.2) is 0 Å². The highest BCUT2D eigenvalue weighted by atomic mass is 32.2. The number of hydrogen-bond donors (Lipinski definition) is 1. The van der Waals surface area contributed by atoms with Crippen LogP contribution in [-0.2, 0) is 4.79 Å². The predicted octanol–water partition coefficient (Wildman–Crippen LogP) is 4.63. The maximum Gasteiger partial charge on any atom is 0.441 e. The molecule has 2 aromatic carbocycles. The smallest absolute Gasteiger partial charge is 0.441 e. The van der Waals surface area contributed by atoms with Crippen LogP contribution in [0.2, 0.25) is 0 Å². The Balaban J connectivity index is 1.38. The molecule has 2 aliphatic heterocycles. The topological polar surface area (TPSA) is 87.3 Å². The number of hydrazone groups is 1. The first-order valence-electron chi connectivity index (χ1n) is 9.71. The molecule has 0 aromatic heterocycles. The first kappa shape index (κ1) is 22.6. The molecule has 0 atom stereocenters. The molecule has 1 N–H and O–H groups in total. The minimum Gasteiger partial charge on any atom is -0.490 e. The van der Waals surface area contributed by atoms with Gasteiger partial charge in [0.2, 0.25) is 10.2 Å². The highest BCUT2D eigenvalue weighted by Crippen LogP contribution is 2.35. The minimum atomic E-state index is -4.68. The number of carbonyl (C=O) groups is 1. The lowest BCUT2D eigenvalue weighted by atomic mass is 10.1. The van der Waals surface area contributed by atoms with E-state index in [9.17, 15) is 18.0 Å². The number of para-hydroxylation sites is 1. The number of ether oxygens (including phenoxy) is 2. The van der Waals surface area contributed by atoms with E-state index < -0.39 is 23.0 Å². The maximum atomic E-state index is 12.9. The van der Waals surface area contributed by atoms with Crippen molar-refractivity contribution in [3.63, 3.8) is 0 Å². The summed E-state index contributed by atoms with van der Waals surface area (Å²) in [6, 6.07) is 14.3. The second kappa shape index (κ2) is 9.10. The van der Waals surface area contributed by atoms with Gasteiger partial charge in [-0.1, -0.05) is 30.3 Å². The Kier molecular flexibility index (Phi) is 6.23. The molecule has 0 bridgehead atoms. The van der Waals surface area contributed by atoms with Crippen LogP contribution in [0.5, 0.6) is 11.5 Å². The average molecular weight is 474 g/mol. The van der Waals surface area contributed by atoms with Crippen molar-refractivity contribution in [1.29, 1.82) is 5.41 Å². The zero-order chi connectivity index (χ0) is 23.6. The van der Waals surface area contributed by atoms with Gasteiger partial charge >= 0.3 is 6.18 Å². The molecule has 0 unspecified atom stereocenters. The number of aliphatic imine (C=N–C) groups is 1. The molecule has 2 aromatic rings. The van der Waals surface area contributed by atoms with Crippen LogP contribution >= 0.6 is 11.8 Å². The van der Waals surface area contributed by atoms with Gasteiger partial charge in [0.05, 0.1) is 5.57 Å². The molecule has 2 heterocycles. The van der Waals surface area contributed by atoms with E-state index in [0.717, 1.165) is 11.3 Å². The average Bonchev–Trinajstić information content (AvgIpc) is 3.21. The first-order chi connectivity index (χ1) is 15.7. The molecule has 11 heteroatoms. The molecule has 0 aliphatic carbocycles. The minimum absolute atomic E-state index is 0.160. The summed E-state index contributed by atoms with van der Waals surface area (Å²) in [5.74, 6) is 0.0966. The van der Waals surface area contributed by atoms with Crippen LogP contribution in [0.4, 0.5) is 13.2 Å². The second-order valence-corrected chi connectivity index (χ2v) is 7.91. The van der Waals surface area contributed by atoms with Gasteiger partial charge in [-0.15, -0.1) is 0 Å². The largest absolute Gasteiger partial charge is 0.490 e. The number of nitrogens with zero attached hydrogens (tertiary/aromatic N) is 3. The summed E-state index contributed by atoms with van der Waals surface area (Å²) >= 11 is 0.213. The summed E-state index contributed by atoms with van der Waals surface area (Å²) in [6.07, 6.45) is -3.31. The Morgan fingerprint density at radius 3 is 2.48 bits per heavy atom. The fourth-order valence-corrected chi connectivity index (χ4v) is 3.72. The molecule has 0 fully saturated rings. The van der Waals surface area contributed by atoms with Crippen molar-refractivity contribution in [3.05, 3.63) is 65.2 Å². The van der Waals surface area contributed by atoms with Crippen LogP contribution in [0.25, 0.3) is 6.08 Å². The second-order valence-electron chi connectivity index (χ2n) is 6.95. The lowest BCUT2D eigenvalue weighted by Gasteiger charge is -2.20. The number of fused-ring (bicyclic) bond motifs is 1. The Bertz CT molecular complexity index is 1190. The van der Waals surface area contributed by atoms with E-state index in [0.29, 0.717) is 29.5 Å². The number of amidine groups is 2. The summed E-state index contributed by atoms with van der Waals surface area (Å²) in [5.41, 5.74) is 1.42. The van der Waals surface area contributed by atoms with Gasteiger partial charge in [-0.2, -0.15) is 28.3 Å². The zero-order valence-corrected chi connectivity index (χ0v) is 18.0. The molecule has 7 nitrogen and oxygen atoms in total. The van der Waals surface area contributed by atoms with Gasteiger partial charge in [-0.3, -0.25) is 10.2 Å². The van der Waals surface area contributed by atoms with E-state index in [1.807, 2.05) is 31.2 Å². The number of alkyl halides is 3. The van der Waals surface area contributed by atoms with Gasteiger partial charge in [0, 0.05) is 0 Å². The summed E-state index contributed by atoms with van der Waals surface area (Å²) in [6.45, 7) is 2.63. The number of nitrogens with one attached hydrogen (secondary N) is 1. The van der Waals surface area contributed by atoms with Crippen molar-refractivity contribution in [2.24, 2.45) is 10.1 Å². The van der Waals surface area contributed by atoms with Crippen molar-refractivity contribution in [2.45, 2.75) is 13.1 Å². The van der Waals surface area contributed by atoms with Gasteiger partial charge in [0.1, 0.15) is 24.7 Å². The van der Waals surface area contributed by atoms with Gasteiger partial charge in [-0.05, 0) is 54.1 Å². The SMILES string of the molecule is Cc1ccccc1OCCOc1ccc(/C=C2\C(=N)N3N=C(C(F)(F)F)SC3=NC2=O)cc1. The molecule has 0 saturated carbocycles. The first-order valence-corrected chi connectivity index (χ1v) is 10.5. The molecular weight excluding hydrogens is 457 g/mol. The summed E-state index contributed by atoms with van der Waals surface area (Å²) in [4.78, 5) is 15.9. The lowest BCUT2D eigenvalue weighted by Crippen LogP contribution is -2.35. The van der Waals surface area contributed by atoms with Crippen molar-refractivity contribution in [1.82, 2.24) is 5.01 Å². The summed E-state index contributed by atoms with van der Waals surface area (Å²) < 4.78 is 50.0. The predicted molar refractivity (Wildman–Crippen MR) is 120 cm³/mol. The third-order valence-corrected chi connectivity index (χ3v) is 5.54. The van der Waals surface area contributed by atoms with E-state index in [1.54, 1.807) is 24.3 Å². The van der Waals surface area contributed by atoms with Crippen LogP contribution in [-0.4, -0.2) is 46.4 Å². The Morgan fingerprint density at radius 1 is 1.09 bits per heavy atom. The fraction of sp³-hybridized carbons (Fsp3) is 0.182.